The van der Waals surface area contributed by atoms with Crippen molar-refractivity contribution in [3.63, 3.8) is 0 Å². The van der Waals surface area contributed by atoms with Crippen molar-refractivity contribution in [3.8, 4) is 6.07 Å². The molecule has 74 valence electrons. The highest BCUT2D eigenvalue weighted by Crippen LogP contribution is 2.18. The van der Waals surface area contributed by atoms with Gasteiger partial charge in [-0.25, -0.2) is 0 Å². The van der Waals surface area contributed by atoms with Gasteiger partial charge in [-0.3, -0.25) is 4.79 Å². The van der Waals surface area contributed by atoms with E-state index < -0.39 is 5.41 Å². The zero-order valence-corrected chi connectivity index (χ0v) is 9.09. The normalized spacial score (nSPS) is 11.2. The predicted molar refractivity (Wildman–Crippen MR) is 51.9 cm³/mol. The van der Waals surface area contributed by atoms with Crippen LogP contribution in [0.2, 0.25) is 0 Å². The van der Waals surface area contributed by atoms with E-state index in [1.807, 2.05) is 40.7 Å². The van der Waals surface area contributed by atoms with Crippen LogP contribution in [0.25, 0.3) is 0 Å². The number of carbonyl (C=O) groups excluding carboxylic acids is 1. The number of rotatable bonds is 2. The summed E-state index contributed by atoms with van der Waals surface area (Å²) in [5.41, 5.74) is -0.402. The highest BCUT2D eigenvalue weighted by Gasteiger charge is 2.28. The Bertz CT molecular complexity index is 220. The summed E-state index contributed by atoms with van der Waals surface area (Å²) in [6, 6.07) is 2.10. The van der Waals surface area contributed by atoms with E-state index in [9.17, 15) is 4.79 Å². The summed E-state index contributed by atoms with van der Waals surface area (Å²) in [6.07, 6.45) is 0. The molecule has 1 amide bonds. The van der Waals surface area contributed by atoms with Gasteiger partial charge in [0.1, 0.15) is 6.54 Å². The van der Waals surface area contributed by atoms with E-state index >= 15 is 0 Å². The SMILES string of the molecule is CC(C)N(CC#N)C(=O)C(C)(C)C. The molecule has 0 aliphatic heterocycles. The highest BCUT2D eigenvalue weighted by molar-refractivity contribution is 5.82. The number of nitriles is 1. The van der Waals surface area contributed by atoms with E-state index in [-0.39, 0.29) is 18.5 Å². The van der Waals surface area contributed by atoms with Gasteiger partial charge in [0.2, 0.25) is 5.91 Å². The van der Waals surface area contributed by atoms with Gasteiger partial charge in [-0.15, -0.1) is 0 Å². The van der Waals surface area contributed by atoms with Crippen molar-refractivity contribution in [2.75, 3.05) is 6.54 Å². The van der Waals surface area contributed by atoms with Gasteiger partial charge in [0.15, 0.2) is 0 Å². The quantitative estimate of drug-likeness (QED) is 0.611. The molecule has 3 nitrogen and oxygen atoms in total. The molecule has 0 aliphatic carbocycles. The maximum atomic E-state index is 11.8. The fourth-order valence-corrected chi connectivity index (χ4v) is 0.996. The molecule has 0 heterocycles. The first-order valence-electron chi connectivity index (χ1n) is 4.48. The molecule has 0 unspecified atom stereocenters. The summed E-state index contributed by atoms with van der Waals surface area (Å²) in [5.74, 6) is 0.0315. The van der Waals surface area contributed by atoms with E-state index in [1.54, 1.807) is 4.90 Å². The molecular formula is C10H18N2O. The number of hydrogen-bond donors (Lipinski definition) is 0. The van der Waals surface area contributed by atoms with Crippen molar-refractivity contribution >= 4 is 5.91 Å². The van der Waals surface area contributed by atoms with Gasteiger partial charge in [0.25, 0.3) is 0 Å². The Kier molecular flexibility index (Phi) is 3.93. The van der Waals surface area contributed by atoms with Crippen molar-refractivity contribution in [2.45, 2.75) is 40.7 Å². The van der Waals surface area contributed by atoms with Gasteiger partial charge in [-0.2, -0.15) is 5.26 Å². The van der Waals surface area contributed by atoms with Gasteiger partial charge < -0.3 is 4.90 Å². The lowest BCUT2D eigenvalue weighted by molar-refractivity contribution is -0.140. The summed E-state index contributed by atoms with van der Waals surface area (Å²) in [6.45, 7) is 9.60. The van der Waals surface area contributed by atoms with Crippen LogP contribution in [-0.2, 0) is 4.79 Å². The van der Waals surface area contributed by atoms with Gasteiger partial charge in [0.05, 0.1) is 6.07 Å². The molecule has 0 saturated heterocycles. The topological polar surface area (TPSA) is 44.1 Å². The monoisotopic (exact) mass is 182 g/mol. The first-order valence-corrected chi connectivity index (χ1v) is 4.48. The van der Waals surface area contributed by atoms with Crippen LogP contribution in [0.1, 0.15) is 34.6 Å². The van der Waals surface area contributed by atoms with Gasteiger partial charge in [-0.1, -0.05) is 20.8 Å². The van der Waals surface area contributed by atoms with Crippen LogP contribution in [-0.4, -0.2) is 23.4 Å². The Hall–Kier alpha value is -1.04. The predicted octanol–water partition coefficient (Wildman–Crippen LogP) is 1.79. The van der Waals surface area contributed by atoms with E-state index in [2.05, 4.69) is 0 Å². The molecule has 0 rings (SSSR count). The second kappa shape index (κ2) is 4.27. The molecule has 0 bridgehead atoms. The lowest BCUT2D eigenvalue weighted by Crippen LogP contribution is -2.43. The van der Waals surface area contributed by atoms with Crippen molar-refractivity contribution in [2.24, 2.45) is 5.41 Å². The number of hydrogen-bond acceptors (Lipinski definition) is 2. The van der Waals surface area contributed by atoms with E-state index in [0.29, 0.717) is 0 Å². The van der Waals surface area contributed by atoms with Crippen LogP contribution in [0.5, 0.6) is 0 Å². The Morgan fingerprint density at radius 3 is 2.15 bits per heavy atom. The fraction of sp³-hybridized carbons (Fsp3) is 0.800. The average molecular weight is 182 g/mol. The van der Waals surface area contributed by atoms with E-state index in [4.69, 9.17) is 5.26 Å². The Morgan fingerprint density at radius 1 is 1.46 bits per heavy atom. The molecule has 13 heavy (non-hydrogen) atoms. The summed E-state index contributed by atoms with van der Waals surface area (Å²) >= 11 is 0. The van der Waals surface area contributed by atoms with E-state index in [1.165, 1.54) is 0 Å². The summed E-state index contributed by atoms with van der Waals surface area (Å²) in [4.78, 5) is 13.4. The molecule has 0 aromatic rings. The lowest BCUT2D eigenvalue weighted by atomic mass is 9.94. The minimum Gasteiger partial charge on any atom is -0.326 e. The Morgan fingerprint density at radius 2 is 1.92 bits per heavy atom. The van der Waals surface area contributed by atoms with Gasteiger partial charge in [-0.05, 0) is 13.8 Å². The first-order chi connectivity index (χ1) is 5.80. The molecule has 0 spiro atoms. The van der Waals surface area contributed by atoms with E-state index in [0.717, 1.165) is 0 Å². The second-order valence-corrected chi connectivity index (χ2v) is 4.43. The summed E-state index contributed by atoms with van der Waals surface area (Å²) in [5, 5.41) is 8.56. The molecular weight excluding hydrogens is 164 g/mol. The largest absolute Gasteiger partial charge is 0.326 e. The number of carbonyl (C=O) groups is 1. The molecule has 0 radical (unpaired) electrons. The number of nitrogens with zero attached hydrogens (tertiary/aromatic N) is 2. The molecule has 0 N–H and O–H groups in total. The van der Waals surface area contributed by atoms with Crippen LogP contribution in [0.4, 0.5) is 0 Å². The third-order valence-electron chi connectivity index (χ3n) is 1.77. The molecule has 0 aromatic heterocycles. The Balaban J connectivity index is 4.59. The molecule has 0 aromatic carbocycles. The molecule has 0 aliphatic rings. The minimum atomic E-state index is -0.402. The highest BCUT2D eigenvalue weighted by atomic mass is 16.2. The fourth-order valence-electron chi connectivity index (χ4n) is 0.996. The lowest BCUT2D eigenvalue weighted by Gasteiger charge is -2.30. The van der Waals surface area contributed by atoms with Crippen molar-refractivity contribution in [1.29, 1.82) is 5.26 Å². The molecule has 3 heteroatoms. The van der Waals surface area contributed by atoms with Gasteiger partial charge in [0, 0.05) is 11.5 Å². The van der Waals surface area contributed by atoms with Crippen molar-refractivity contribution in [1.82, 2.24) is 4.90 Å². The Labute approximate surface area is 80.3 Å². The zero-order chi connectivity index (χ0) is 10.6. The molecule has 0 saturated carbocycles. The van der Waals surface area contributed by atoms with Gasteiger partial charge >= 0.3 is 0 Å². The zero-order valence-electron chi connectivity index (χ0n) is 9.09. The third kappa shape index (κ3) is 3.45. The minimum absolute atomic E-state index is 0.0315. The average Bonchev–Trinajstić information content (AvgIpc) is 1.96. The molecule has 0 atom stereocenters. The standard InChI is InChI=1S/C10H18N2O/c1-8(2)12(7-6-11)9(13)10(3,4)5/h8H,7H2,1-5H3. The summed E-state index contributed by atoms with van der Waals surface area (Å²) < 4.78 is 0. The van der Waals surface area contributed by atoms with Crippen LogP contribution in [0, 0.1) is 16.7 Å². The smallest absolute Gasteiger partial charge is 0.229 e. The number of amides is 1. The second-order valence-electron chi connectivity index (χ2n) is 4.43. The van der Waals surface area contributed by atoms with Crippen molar-refractivity contribution in [3.05, 3.63) is 0 Å². The maximum absolute atomic E-state index is 11.8. The first kappa shape index (κ1) is 12.0. The molecule has 0 fully saturated rings. The maximum Gasteiger partial charge on any atom is 0.229 e. The van der Waals surface area contributed by atoms with Crippen LogP contribution < -0.4 is 0 Å². The van der Waals surface area contributed by atoms with Crippen LogP contribution >= 0.6 is 0 Å². The van der Waals surface area contributed by atoms with Crippen LogP contribution in [0.15, 0.2) is 0 Å². The van der Waals surface area contributed by atoms with Crippen LogP contribution in [0.3, 0.4) is 0 Å². The van der Waals surface area contributed by atoms with Crippen molar-refractivity contribution < 1.29 is 4.79 Å². The summed E-state index contributed by atoms with van der Waals surface area (Å²) in [7, 11) is 0. The third-order valence-corrected chi connectivity index (χ3v) is 1.77.